The predicted molar refractivity (Wildman–Crippen MR) is 60.0 cm³/mol. The number of ketones is 1. The largest absolute Gasteiger partial charge is 0.299 e. The van der Waals surface area contributed by atoms with Gasteiger partial charge in [0.2, 0.25) is 0 Å². The Morgan fingerprint density at radius 1 is 1.29 bits per heavy atom. The molecule has 0 N–H and O–H groups in total. The molecule has 0 atom stereocenters. The van der Waals surface area contributed by atoms with Gasteiger partial charge in [0.25, 0.3) is 0 Å². The van der Waals surface area contributed by atoms with Gasteiger partial charge in [-0.15, -0.1) is 11.6 Å². The number of hydrogen-bond donors (Lipinski definition) is 0. The molecule has 1 aromatic rings. The van der Waals surface area contributed by atoms with Crippen LogP contribution in [0, 0.1) is 13.8 Å². The molecule has 0 amide bonds. The first-order valence-electron chi connectivity index (χ1n) is 4.78. The second-order valence-electron chi connectivity index (χ2n) is 3.52. The van der Waals surface area contributed by atoms with E-state index < -0.39 is 0 Å². The molecule has 0 radical (unpaired) electrons. The van der Waals surface area contributed by atoms with Crippen LogP contribution in [0.5, 0.6) is 0 Å². The number of rotatable bonds is 4. The molecule has 0 aliphatic rings. The Balaban J connectivity index is 2.80. The number of aryl methyl sites for hydroxylation is 2. The van der Waals surface area contributed by atoms with Crippen molar-refractivity contribution in [3.05, 3.63) is 34.9 Å². The SMILES string of the molecule is Cc1cccc(C)c1CC(=O)CCCl. The van der Waals surface area contributed by atoms with Crippen LogP contribution in [0.25, 0.3) is 0 Å². The van der Waals surface area contributed by atoms with Crippen molar-refractivity contribution in [1.29, 1.82) is 0 Å². The zero-order valence-electron chi connectivity index (χ0n) is 8.64. The van der Waals surface area contributed by atoms with Crippen LogP contribution in [0.2, 0.25) is 0 Å². The molecule has 0 spiro atoms. The minimum absolute atomic E-state index is 0.220. The molecule has 0 aliphatic carbocycles. The van der Waals surface area contributed by atoms with Gasteiger partial charge in [-0.05, 0) is 30.5 Å². The molecule has 1 rings (SSSR count). The highest BCUT2D eigenvalue weighted by atomic mass is 35.5. The van der Waals surface area contributed by atoms with Gasteiger partial charge in [0.15, 0.2) is 0 Å². The third-order valence-corrected chi connectivity index (χ3v) is 2.58. The van der Waals surface area contributed by atoms with E-state index in [1.807, 2.05) is 32.0 Å². The zero-order chi connectivity index (χ0) is 10.6. The maximum Gasteiger partial charge on any atom is 0.138 e. The second kappa shape index (κ2) is 5.16. The van der Waals surface area contributed by atoms with Gasteiger partial charge in [0.1, 0.15) is 5.78 Å². The van der Waals surface area contributed by atoms with Crippen molar-refractivity contribution in [3.8, 4) is 0 Å². The lowest BCUT2D eigenvalue weighted by Crippen LogP contribution is -2.06. The first kappa shape index (κ1) is 11.3. The van der Waals surface area contributed by atoms with E-state index in [0.717, 1.165) is 5.56 Å². The molecule has 0 saturated carbocycles. The van der Waals surface area contributed by atoms with E-state index in [4.69, 9.17) is 11.6 Å². The van der Waals surface area contributed by atoms with Crippen molar-refractivity contribution < 1.29 is 4.79 Å². The molecule has 1 nitrogen and oxygen atoms in total. The summed E-state index contributed by atoms with van der Waals surface area (Å²) in [5.74, 6) is 0.640. The lowest BCUT2D eigenvalue weighted by Gasteiger charge is -2.07. The van der Waals surface area contributed by atoms with Crippen molar-refractivity contribution >= 4 is 17.4 Å². The van der Waals surface area contributed by atoms with Crippen LogP contribution in [-0.4, -0.2) is 11.7 Å². The van der Waals surface area contributed by atoms with Crippen molar-refractivity contribution in [1.82, 2.24) is 0 Å². The molecular weight excluding hydrogens is 196 g/mol. The summed E-state index contributed by atoms with van der Waals surface area (Å²) in [4.78, 5) is 11.4. The number of benzene rings is 1. The van der Waals surface area contributed by atoms with E-state index >= 15 is 0 Å². The molecule has 1 aromatic carbocycles. The smallest absolute Gasteiger partial charge is 0.138 e. The van der Waals surface area contributed by atoms with Crippen LogP contribution in [-0.2, 0) is 11.2 Å². The Hall–Kier alpha value is -0.820. The van der Waals surface area contributed by atoms with Gasteiger partial charge in [-0.25, -0.2) is 0 Å². The summed E-state index contributed by atoms with van der Waals surface area (Å²) in [7, 11) is 0. The maximum atomic E-state index is 11.4. The van der Waals surface area contributed by atoms with Crippen LogP contribution in [0.15, 0.2) is 18.2 Å². The quantitative estimate of drug-likeness (QED) is 0.699. The van der Waals surface area contributed by atoms with Crippen LogP contribution in [0.3, 0.4) is 0 Å². The van der Waals surface area contributed by atoms with E-state index in [9.17, 15) is 4.79 Å². The number of alkyl halides is 1. The van der Waals surface area contributed by atoms with Crippen LogP contribution < -0.4 is 0 Å². The third kappa shape index (κ3) is 2.85. The molecule has 0 fully saturated rings. The summed E-state index contributed by atoms with van der Waals surface area (Å²) in [6.45, 7) is 4.08. The molecular formula is C12H15ClO. The van der Waals surface area contributed by atoms with Crippen LogP contribution >= 0.6 is 11.6 Å². The number of hydrogen-bond acceptors (Lipinski definition) is 1. The number of halogens is 1. The normalized spacial score (nSPS) is 10.2. The minimum atomic E-state index is 0.220. The van der Waals surface area contributed by atoms with Gasteiger partial charge in [0.05, 0.1) is 0 Å². The van der Waals surface area contributed by atoms with Gasteiger partial charge in [-0.3, -0.25) is 4.79 Å². The monoisotopic (exact) mass is 210 g/mol. The second-order valence-corrected chi connectivity index (χ2v) is 3.90. The van der Waals surface area contributed by atoms with Crippen LogP contribution in [0.4, 0.5) is 0 Å². The average Bonchev–Trinajstić information content (AvgIpc) is 2.12. The summed E-state index contributed by atoms with van der Waals surface area (Å²) in [5.41, 5.74) is 3.53. The lowest BCUT2D eigenvalue weighted by atomic mass is 9.97. The fraction of sp³-hybridized carbons (Fsp3) is 0.417. The highest BCUT2D eigenvalue weighted by Crippen LogP contribution is 2.14. The highest BCUT2D eigenvalue weighted by Gasteiger charge is 2.07. The molecule has 2 heteroatoms. The van der Waals surface area contributed by atoms with E-state index in [2.05, 4.69) is 0 Å². The summed E-state index contributed by atoms with van der Waals surface area (Å²) in [6, 6.07) is 6.09. The molecule has 0 heterocycles. The number of carbonyl (C=O) groups excluding carboxylic acids is 1. The Bertz CT molecular complexity index is 311. The Morgan fingerprint density at radius 3 is 2.36 bits per heavy atom. The molecule has 0 unspecified atom stereocenters. The van der Waals surface area contributed by atoms with Crippen LogP contribution in [0.1, 0.15) is 23.1 Å². The molecule has 0 aromatic heterocycles. The van der Waals surface area contributed by atoms with E-state index in [1.54, 1.807) is 0 Å². The lowest BCUT2D eigenvalue weighted by molar-refractivity contribution is -0.118. The van der Waals surface area contributed by atoms with Crippen molar-refractivity contribution in [3.63, 3.8) is 0 Å². The first-order valence-corrected chi connectivity index (χ1v) is 5.31. The van der Waals surface area contributed by atoms with Gasteiger partial charge in [0, 0.05) is 18.7 Å². The molecule has 0 saturated heterocycles. The minimum Gasteiger partial charge on any atom is -0.299 e. The van der Waals surface area contributed by atoms with E-state index in [0.29, 0.717) is 18.7 Å². The van der Waals surface area contributed by atoms with E-state index in [1.165, 1.54) is 11.1 Å². The summed E-state index contributed by atoms with van der Waals surface area (Å²) >= 11 is 5.52. The molecule has 76 valence electrons. The number of Topliss-reactive ketones (excluding diaryl/α,β-unsaturated/α-hetero) is 1. The number of carbonyl (C=O) groups is 1. The van der Waals surface area contributed by atoms with Gasteiger partial charge >= 0.3 is 0 Å². The Kier molecular flexibility index (Phi) is 4.15. The van der Waals surface area contributed by atoms with Crippen molar-refractivity contribution in [2.75, 3.05) is 5.88 Å². The van der Waals surface area contributed by atoms with Crippen molar-refractivity contribution in [2.24, 2.45) is 0 Å². The maximum absolute atomic E-state index is 11.4. The predicted octanol–water partition coefficient (Wildman–Crippen LogP) is 3.04. The summed E-state index contributed by atoms with van der Waals surface area (Å²) in [5, 5.41) is 0. The highest BCUT2D eigenvalue weighted by molar-refractivity contribution is 6.19. The van der Waals surface area contributed by atoms with E-state index in [-0.39, 0.29) is 5.78 Å². The fourth-order valence-corrected chi connectivity index (χ4v) is 1.73. The summed E-state index contributed by atoms with van der Waals surface area (Å²) in [6.07, 6.45) is 0.987. The topological polar surface area (TPSA) is 17.1 Å². The van der Waals surface area contributed by atoms with Gasteiger partial charge < -0.3 is 0 Å². The third-order valence-electron chi connectivity index (χ3n) is 2.39. The molecule has 14 heavy (non-hydrogen) atoms. The fourth-order valence-electron chi connectivity index (χ4n) is 1.52. The first-order chi connectivity index (χ1) is 6.65. The average molecular weight is 211 g/mol. The Morgan fingerprint density at radius 2 is 1.86 bits per heavy atom. The van der Waals surface area contributed by atoms with Gasteiger partial charge in [-0.1, -0.05) is 18.2 Å². The zero-order valence-corrected chi connectivity index (χ0v) is 9.40. The Labute approximate surface area is 90.1 Å². The molecule has 0 bridgehead atoms. The van der Waals surface area contributed by atoms with Crippen molar-refractivity contribution in [2.45, 2.75) is 26.7 Å². The van der Waals surface area contributed by atoms with Gasteiger partial charge in [-0.2, -0.15) is 0 Å². The summed E-state index contributed by atoms with van der Waals surface area (Å²) < 4.78 is 0. The standard InChI is InChI=1S/C12H15ClO/c1-9-4-3-5-10(2)12(9)8-11(14)6-7-13/h3-5H,6-8H2,1-2H3. The molecule has 0 aliphatic heterocycles.